The zero-order chi connectivity index (χ0) is 32.6. The van der Waals surface area contributed by atoms with Gasteiger partial charge in [-0.2, -0.15) is 0 Å². The molecule has 1 N–H and O–H groups in total. The number of nitrogens with one attached hydrogen (secondary N) is 1. The molecule has 0 heterocycles. The van der Waals surface area contributed by atoms with Crippen LogP contribution in [0.1, 0.15) is 42.5 Å². The Labute approximate surface area is 275 Å². The van der Waals surface area contributed by atoms with Crippen LogP contribution in [0.25, 0.3) is 0 Å². The zero-order valence-electron chi connectivity index (χ0n) is 26.1. The number of benzene rings is 4. The van der Waals surface area contributed by atoms with Crippen LogP contribution >= 0.6 is 15.9 Å². The fourth-order valence-corrected chi connectivity index (χ4v) is 7.01. The molecule has 0 aliphatic carbocycles. The van der Waals surface area contributed by atoms with Crippen LogP contribution in [0.2, 0.25) is 0 Å². The van der Waals surface area contributed by atoms with Crippen molar-refractivity contribution in [3.05, 3.63) is 130 Å². The second-order valence-corrected chi connectivity index (χ2v) is 14.0. The summed E-state index contributed by atoms with van der Waals surface area (Å²) in [5.41, 5.74) is 3.75. The lowest BCUT2D eigenvalue weighted by Crippen LogP contribution is -2.54. The molecular weight excluding hydrogens is 650 g/mol. The molecule has 2 atom stereocenters. The number of sulfonamides is 1. The molecule has 0 spiro atoms. The lowest BCUT2D eigenvalue weighted by Gasteiger charge is -2.34. The average Bonchev–Trinajstić information content (AvgIpc) is 3.03. The quantitative estimate of drug-likeness (QED) is 0.167. The summed E-state index contributed by atoms with van der Waals surface area (Å²) in [6.45, 7) is 7.28. The van der Waals surface area contributed by atoms with Gasteiger partial charge in [-0.25, -0.2) is 8.42 Å². The lowest BCUT2D eigenvalue weighted by atomic mass is 10.0. The summed E-state index contributed by atoms with van der Waals surface area (Å²) in [5, 5.41) is 3.07. The van der Waals surface area contributed by atoms with Gasteiger partial charge in [0.25, 0.3) is 10.0 Å². The molecule has 9 heteroatoms. The maximum absolute atomic E-state index is 14.6. The largest absolute Gasteiger partial charge is 0.352 e. The molecule has 0 aromatic heterocycles. The summed E-state index contributed by atoms with van der Waals surface area (Å²) in [6.07, 6.45) is 0.983. The van der Waals surface area contributed by atoms with Crippen LogP contribution in [0.5, 0.6) is 0 Å². The van der Waals surface area contributed by atoms with Crippen LogP contribution in [-0.4, -0.2) is 43.8 Å². The van der Waals surface area contributed by atoms with Gasteiger partial charge >= 0.3 is 0 Å². The highest BCUT2D eigenvalue weighted by molar-refractivity contribution is 9.10. The first-order valence-electron chi connectivity index (χ1n) is 15.0. The average molecular weight is 691 g/mol. The third kappa shape index (κ3) is 8.61. The van der Waals surface area contributed by atoms with E-state index in [2.05, 4.69) is 21.2 Å². The van der Waals surface area contributed by atoms with Gasteiger partial charge in [0.05, 0.1) is 10.6 Å². The Kier molecular flexibility index (Phi) is 11.6. The molecule has 0 fully saturated rings. The number of nitrogens with zero attached hydrogens (tertiary/aromatic N) is 2. The molecule has 2 amide bonds. The Balaban J connectivity index is 1.83. The first kappa shape index (κ1) is 33.9. The van der Waals surface area contributed by atoms with Gasteiger partial charge in [0.2, 0.25) is 11.8 Å². The minimum atomic E-state index is -4.15. The summed E-state index contributed by atoms with van der Waals surface area (Å²) < 4.78 is 30.4. The van der Waals surface area contributed by atoms with Crippen LogP contribution in [-0.2, 0) is 32.6 Å². The van der Waals surface area contributed by atoms with Crippen molar-refractivity contribution in [2.75, 3.05) is 10.8 Å². The molecule has 2 unspecified atom stereocenters. The molecule has 0 radical (unpaired) electrons. The van der Waals surface area contributed by atoms with Crippen LogP contribution < -0.4 is 9.62 Å². The van der Waals surface area contributed by atoms with Crippen molar-refractivity contribution in [1.82, 2.24) is 10.2 Å². The molecular formula is C36H40BrN3O4S. The van der Waals surface area contributed by atoms with Crippen molar-refractivity contribution in [3.63, 3.8) is 0 Å². The lowest BCUT2D eigenvalue weighted by molar-refractivity contribution is -0.140. The second-order valence-electron chi connectivity index (χ2n) is 11.2. The third-order valence-corrected chi connectivity index (χ3v) is 10.2. The molecule has 0 saturated heterocycles. The summed E-state index contributed by atoms with van der Waals surface area (Å²) in [7, 11) is -4.15. The molecule has 236 valence electrons. The van der Waals surface area contributed by atoms with Crippen molar-refractivity contribution in [2.45, 2.75) is 64.1 Å². The van der Waals surface area contributed by atoms with Gasteiger partial charge in [0, 0.05) is 23.5 Å². The van der Waals surface area contributed by atoms with E-state index in [9.17, 15) is 18.0 Å². The van der Waals surface area contributed by atoms with Crippen molar-refractivity contribution in [3.8, 4) is 0 Å². The van der Waals surface area contributed by atoms with Crippen LogP contribution in [0.3, 0.4) is 0 Å². The summed E-state index contributed by atoms with van der Waals surface area (Å²) in [6, 6.07) is 29.6. The van der Waals surface area contributed by atoms with Gasteiger partial charge in [-0.3, -0.25) is 13.9 Å². The van der Waals surface area contributed by atoms with E-state index in [-0.39, 0.29) is 29.8 Å². The highest BCUT2D eigenvalue weighted by Gasteiger charge is 2.35. The van der Waals surface area contributed by atoms with E-state index in [0.717, 1.165) is 33.1 Å². The Morgan fingerprint density at radius 2 is 1.47 bits per heavy atom. The molecule has 0 aliphatic rings. The molecule has 7 nitrogen and oxygen atoms in total. The first-order chi connectivity index (χ1) is 21.5. The minimum Gasteiger partial charge on any atom is -0.352 e. The topological polar surface area (TPSA) is 86.8 Å². The van der Waals surface area contributed by atoms with E-state index >= 15 is 0 Å². The van der Waals surface area contributed by atoms with Gasteiger partial charge in [0.15, 0.2) is 0 Å². The first-order valence-corrected chi connectivity index (χ1v) is 17.3. The molecule has 0 saturated carbocycles. The molecule has 0 bridgehead atoms. The smallest absolute Gasteiger partial charge is 0.264 e. The van der Waals surface area contributed by atoms with Crippen molar-refractivity contribution >= 4 is 43.5 Å². The standard InChI is InChI=1S/C36H40BrN3O4S/c1-5-27(3)38-36(42)34(23-29-15-8-6-9-16-29)39(24-30-17-13-18-31(37)22-30)35(41)25-40(33-21-12-14-26(2)28(33)4)45(43,44)32-19-10-7-11-20-32/h6-22,27,34H,5,23-25H2,1-4H3,(H,38,42). The maximum Gasteiger partial charge on any atom is 0.264 e. The normalized spacial score (nSPS) is 12.6. The minimum absolute atomic E-state index is 0.0765. The fourth-order valence-electron chi connectivity index (χ4n) is 5.07. The van der Waals surface area contributed by atoms with Gasteiger partial charge < -0.3 is 10.2 Å². The predicted molar refractivity (Wildman–Crippen MR) is 183 cm³/mol. The number of rotatable bonds is 13. The zero-order valence-corrected chi connectivity index (χ0v) is 28.5. The number of amides is 2. The molecule has 4 rings (SSSR count). The summed E-state index contributed by atoms with van der Waals surface area (Å²) in [5.74, 6) is -0.781. The van der Waals surface area contributed by atoms with E-state index in [1.165, 1.54) is 21.3 Å². The number of hydrogen-bond acceptors (Lipinski definition) is 4. The Morgan fingerprint density at radius 1 is 0.844 bits per heavy atom. The fraction of sp³-hybridized carbons (Fsp3) is 0.278. The van der Waals surface area contributed by atoms with Crippen molar-refractivity contribution in [2.24, 2.45) is 0 Å². The SMILES string of the molecule is CCC(C)NC(=O)C(Cc1ccccc1)N(Cc1cccc(Br)c1)C(=O)CN(c1cccc(C)c1C)S(=O)(=O)c1ccccc1. The number of halogens is 1. The van der Waals surface area contributed by atoms with Crippen LogP contribution in [0.15, 0.2) is 112 Å². The van der Waals surface area contributed by atoms with Crippen LogP contribution in [0, 0.1) is 13.8 Å². The number of carbonyl (C=O) groups is 2. The summed E-state index contributed by atoms with van der Waals surface area (Å²) >= 11 is 3.52. The van der Waals surface area contributed by atoms with Gasteiger partial charge in [-0.05, 0) is 79.8 Å². The predicted octanol–water partition coefficient (Wildman–Crippen LogP) is 6.82. The van der Waals surface area contributed by atoms with E-state index in [0.29, 0.717) is 5.69 Å². The molecule has 45 heavy (non-hydrogen) atoms. The monoisotopic (exact) mass is 689 g/mol. The number of carbonyl (C=O) groups excluding carboxylic acids is 2. The van der Waals surface area contributed by atoms with E-state index < -0.39 is 28.5 Å². The number of aryl methyl sites for hydroxylation is 1. The van der Waals surface area contributed by atoms with E-state index in [1.54, 1.807) is 30.3 Å². The van der Waals surface area contributed by atoms with Crippen LogP contribution in [0.4, 0.5) is 5.69 Å². The Hall–Kier alpha value is -3.95. The Morgan fingerprint density at radius 3 is 2.11 bits per heavy atom. The molecule has 0 aliphatic heterocycles. The summed E-state index contributed by atoms with van der Waals surface area (Å²) in [4.78, 5) is 30.2. The van der Waals surface area contributed by atoms with E-state index in [4.69, 9.17) is 0 Å². The van der Waals surface area contributed by atoms with Crippen molar-refractivity contribution < 1.29 is 18.0 Å². The second kappa shape index (κ2) is 15.4. The Bertz CT molecular complexity index is 1720. The van der Waals surface area contributed by atoms with Gasteiger partial charge in [-0.1, -0.05) is 95.7 Å². The number of anilines is 1. The molecule has 4 aromatic rings. The maximum atomic E-state index is 14.6. The van der Waals surface area contributed by atoms with Gasteiger partial charge in [0.1, 0.15) is 12.6 Å². The molecule has 4 aromatic carbocycles. The van der Waals surface area contributed by atoms with E-state index in [1.807, 2.05) is 88.4 Å². The van der Waals surface area contributed by atoms with Crippen molar-refractivity contribution in [1.29, 1.82) is 0 Å². The third-order valence-electron chi connectivity index (χ3n) is 7.97. The number of hydrogen-bond donors (Lipinski definition) is 1. The highest BCUT2D eigenvalue weighted by Crippen LogP contribution is 2.29. The van der Waals surface area contributed by atoms with Gasteiger partial charge in [-0.15, -0.1) is 0 Å². The highest BCUT2D eigenvalue weighted by atomic mass is 79.9.